The van der Waals surface area contributed by atoms with Gasteiger partial charge in [0.05, 0.1) is 5.56 Å². The summed E-state index contributed by atoms with van der Waals surface area (Å²) in [6.07, 6.45) is 4.96. The molecule has 1 aromatic carbocycles. The number of rotatable bonds is 3. The predicted octanol–water partition coefficient (Wildman–Crippen LogP) is 2.35. The van der Waals surface area contributed by atoms with E-state index in [4.69, 9.17) is 10.6 Å². The highest BCUT2D eigenvalue weighted by molar-refractivity contribution is 5.48. The topological polar surface area (TPSA) is 73.1 Å². The van der Waals surface area contributed by atoms with Gasteiger partial charge in [0.1, 0.15) is 17.9 Å². The fourth-order valence-corrected chi connectivity index (χ4v) is 2.41. The lowest BCUT2D eigenvalue weighted by molar-refractivity contribution is 0.457. The van der Waals surface area contributed by atoms with Crippen molar-refractivity contribution in [1.82, 2.24) is 9.97 Å². The molecule has 0 saturated carbocycles. The molecule has 0 saturated heterocycles. The fourth-order valence-electron chi connectivity index (χ4n) is 2.41. The van der Waals surface area contributed by atoms with E-state index >= 15 is 0 Å². The molecule has 1 heterocycles. The minimum absolute atomic E-state index is 0.529. The van der Waals surface area contributed by atoms with Gasteiger partial charge in [0.25, 0.3) is 0 Å². The highest BCUT2D eigenvalue weighted by Crippen LogP contribution is 2.30. The minimum atomic E-state index is 0.529. The third-order valence-corrected chi connectivity index (χ3v) is 3.46. The molecular formula is C14H16N4O. The summed E-state index contributed by atoms with van der Waals surface area (Å²) >= 11 is 0. The van der Waals surface area contributed by atoms with E-state index < -0.39 is 0 Å². The molecule has 2 aromatic rings. The highest BCUT2D eigenvalue weighted by Gasteiger charge is 2.13. The molecule has 98 valence electrons. The second kappa shape index (κ2) is 4.85. The lowest BCUT2D eigenvalue weighted by atomic mass is 10.1. The number of aryl methyl sites for hydroxylation is 2. The maximum Gasteiger partial charge on any atom is 0.227 e. The molecule has 1 aliphatic rings. The maximum atomic E-state index is 5.83. The largest absolute Gasteiger partial charge is 0.439 e. The van der Waals surface area contributed by atoms with Gasteiger partial charge in [-0.1, -0.05) is 6.07 Å². The molecular weight excluding hydrogens is 240 g/mol. The Morgan fingerprint density at radius 3 is 2.89 bits per heavy atom. The molecule has 3 rings (SSSR count). The first-order valence-corrected chi connectivity index (χ1v) is 6.36. The third-order valence-electron chi connectivity index (χ3n) is 3.46. The van der Waals surface area contributed by atoms with Crippen molar-refractivity contribution in [3.63, 3.8) is 0 Å². The quantitative estimate of drug-likeness (QED) is 0.651. The Bertz CT molecular complexity index is 612. The first-order valence-electron chi connectivity index (χ1n) is 6.36. The number of benzene rings is 1. The molecule has 3 N–H and O–H groups in total. The summed E-state index contributed by atoms with van der Waals surface area (Å²) in [5.41, 5.74) is 6.13. The number of nitrogens with two attached hydrogens (primary N) is 1. The van der Waals surface area contributed by atoms with Crippen LogP contribution in [-0.2, 0) is 12.8 Å². The fraction of sp³-hybridized carbons (Fsp3) is 0.286. The average molecular weight is 256 g/mol. The van der Waals surface area contributed by atoms with Crippen LogP contribution in [0.25, 0.3) is 0 Å². The summed E-state index contributed by atoms with van der Waals surface area (Å²) in [7, 11) is 0. The number of anilines is 1. The number of hydrogen-bond acceptors (Lipinski definition) is 5. The second-order valence-electron chi connectivity index (χ2n) is 4.68. The predicted molar refractivity (Wildman–Crippen MR) is 73.1 cm³/mol. The van der Waals surface area contributed by atoms with E-state index in [0.717, 1.165) is 17.7 Å². The summed E-state index contributed by atoms with van der Waals surface area (Å²) in [4.78, 5) is 8.18. The van der Waals surface area contributed by atoms with Gasteiger partial charge < -0.3 is 10.2 Å². The highest BCUT2D eigenvalue weighted by atomic mass is 16.5. The second-order valence-corrected chi connectivity index (χ2v) is 4.68. The van der Waals surface area contributed by atoms with Crippen molar-refractivity contribution in [1.29, 1.82) is 0 Å². The lowest BCUT2D eigenvalue weighted by Crippen LogP contribution is -2.11. The summed E-state index contributed by atoms with van der Waals surface area (Å²) in [5.74, 6) is 7.31. The van der Waals surface area contributed by atoms with Gasteiger partial charge in [0.2, 0.25) is 5.88 Å². The number of hydrazine groups is 1. The van der Waals surface area contributed by atoms with Gasteiger partial charge >= 0.3 is 0 Å². The van der Waals surface area contributed by atoms with Crippen LogP contribution in [-0.4, -0.2) is 9.97 Å². The Morgan fingerprint density at radius 2 is 2.05 bits per heavy atom. The van der Waals surface area contributed by atoms with E-state index in [1.807, 2.05) is 13.0 Å². The number of fused-ring (bicyclic) bond motifs is 1. The Kier molecular flexibility index (Phi) is 3.05. The van der Waals surface area contributed by atoms with Gasteiger partial charge in [-0.05, 0) is 49.4 Å². The van der Waals surface area contributed by atoms with Gasteiger partial charge in [-0.25, -0.2) is 15.8 Å². The van der Waals surface area contributed by atoms with E-state index in [9.17, 15) is 0 Å². The number of ether oxygens (including phenoxy) is 1. The monoisotopic (exact) mass is 256 g/mol. The van der Waals surface area contributed by atoms with Crippen LogP contribution >= 0.6 is 0 Å². The first-order chi connectivity index (χ1) is 9.28. The van der Waals surface area contributed by atoms with Crippen LogP contribution in [0.2, 0.25) is 0 Å². The Balaban J connectivity index is 1.89. The number of nitrogens with zero attached hydrogens (tertiary/aromatic N) is 2. The van der Waals surface area contributed by atoms with E-state index in [2.05, 4.69) is 27.5 Å². The van der Waals surface area contributed by atoms with E-state index in [1.165, 1.54) is 30.3 Å². The molecule has 0 spiro atoms. The molecule has 0 fully saturated rings. The zero-order valence-electron chi connectivity index (χ0n) is 10.8. The van der Waals surface area contributed by atoms with E-state index in [0.29, 0.717) is 11.7 Å². The average Bonchev–Trinajstić information content (AvgIpc) is 2.88. The normalized spacial score (nSPS) is 13.2. The summed E-state index contributed by atoms with van der Waals surface area (Å²) in [5, 5.41) is 0. The van der Waals surface area contributed by atoms with Crippen molar-refractivity contribution in [3.8, 4) is 11.6 Å². The molecule has 19 heavy (non-hydrogen) atoms. The zero-order chi connectivity index (χ0) is 13.2. The molecule has 1 aliphatic carbocycles. The van der Waals surface area contributed by atoms with Crippen molar-refractivity contribution in [2.24, 2.45) is 5.84 Å². The van der Waals surface area contributed by atoms with E-state index in [1.54, 1.807) is 0 Å². The zero-order valence-corrected chi connectivity index (χ0v) is 10.8. The number of hydrogen-bond donors (Lipinski definition) is 2. The van der Waals surface area contributed by atoms with Crippen LogP contribution in [0, 0.1) is 6.92 Å². The van der Waals surface area contributed by atoms with Crippen LogP contribution in [0.3, 0.4) is 0 Å². The van der Waals surface area contributed by atoms with Crippen LogP contribution in [0.1, 0.15) is 23.1 Å². The molecule has 5 nitrogen and oxygen atoms in total. The van der Waals surface area contributed by atoms with Crippen molar-refractivity contribution < 1.29 is 4.74 Å². The van der Waals surface area contributed by atoms with E-state index in [-0.39, 0.29) is 0 Å². The summed E-state index contributed by atoms with van der Waals surface area (Å²) in [6, 6.07) is 6.22. The van der Waals surface area contributed by atoms with Crippen LogP contribution in [0.15, 0.2) is 24.5 Å². The summed E-state index contributed by atoms with van der Waals surface area (Å²) < 4.78 is 5.83. The number of nitrogens with one attached hydrogen (secondary N) is 1. The Morgan fingerprint density at radius 1 is 1.21 bits per heavy atom. The standard InChI is InChI=1S/C14H16N4O/c1-9-13(18-15)16-8-17-14(9)19-12-6-5-10-3-2-4-11(10)7-12/h5-8H,2-4,15H2,1H3,(H,16,17,18). The molecule has 0 aliphatic heterocycles. The number of aromatic nitrogens is 2. The molecule has 0 amide bonds. The molecule has 0 unspecified atom stereocenters. The van der Waals surface area contributed by atoms with Gasteiger partial charge in [0.15, 0.2) is 0 Å². The van der Waals surface area contributed by atoms with Crippen molar-refractivity contribution >= 4 is 5.82 Å². The SMILES string of the molecule is Cc1c(NN)ncnc1Oc1ccc2c(c1)CCC2. The van der Waals surface area contributed by atoms with Crippen molar-refractivity contribution in [2.45, 2.75) is 26.2 Å². The van der Waals surface area contributed by atoms with Gasteiger partial charge in [-0.3, -0.25) is 0 Å². The van der Waals surface area contributed by atoms with Crippen molar-refractivity contribution in [2.75, 3.05) is 5.43 Å². The molecule has 1 aromatic heterocycles. The van der Waals surface area contributed by atoms with Crippen LogP contribution < -0.4 is 16.0 Å². The smallest absolute Gasteiger partial charge is 0.227 e. The molecule has 0 radical (unpaired) electrons. The van der Waals surface area contributed by atoms with Gasteiger partial charge in [0, 0.05) is 0 Å². The van der Waals surface area contributed by atoms with Gasteiger partial charge in [-0.15, -0.1) is 0 Å². The lowest BCUT2D eigenvalue weighted by Gasteiger charge is -2.10. The summed E-state index contributed by atoms with van der Waals surface area (Å²) in [6.45, 7) is 1.87. The Hall–Kier alpha value is -2.14. The first kappa shape index (κ1) is 11.9. The maximum absolute atomic E-state index is 5.83. The van der Waals surface area contributed by atoms with Crippen LogP contribution in [0.4, 0.5) is 5.82 Å². The third kappa shape index (κ3) is 2.24. The minimum Gasteiger partial charge on any atom is -0.439 e. The molecule has 5 heteroatoms. The van der Waals surface area contributed by atoms with Gasteiger partial charge in [-0.2, -0.15) is 0 Å². The molecule has 0 atom stereocenters. The Labute approximate surface area is 111 Å². The molecule has 0 bridgehead atoms. The van der Waals surface area contributed by atoms with Crippen molar-refractivity contribution in [3.05, 3.63) is 41.2 Å². The number of nitrogen functional groups attached to an aromatic ring is 1. The van der Waals surface area contributed by atoms with Crippen LogP contribution in [0.5, 0.6) is 11.6 Å².